The maximum atomic E-state index is 11.8. The lowest BCUT2D eigenvalue weighted by Crippen LogP contribution is -2.60. The summed E-state index contributed by atoms with van der Waals surface area (Å²) >= 11 is 0. The first-order chi connectivity index (χ1) is 12.1. The number of piperidine rings is 1. The molecule has 0 unspecified atom stereocenters. The fourth-order valence-corrected chi connectivity index (χ4v) is 2.97. The van der Waals surface area contributed by atoms with Gasteiger partial charge in [-0.25, -0.2) is 19.6 Å². The van der Waals surface area contributed by atoms with Crippen LogP contribution in [0.1, 0.15) is 12.8 Å². The zero-order valence-electron chi connectivity index (χ0n) is 13.6. The van der Waals surface area contributed by atoms with Crippen molar-refractivity contribution < 1.29 is 19.4 Å². The molecule has 0 aliphatic carbocycles. The van der Waals surface area contributed by atoms with Crippen LogP contribution in [-0.2, 0) is 9.53 Å². The number of nitrogens with zero attached hydrogens (tertiary/aromatic N) is 3. The largest absolute Gasteiger partial charge is 0.480 e. The minimum absolute atomic E-state index is 0.0278. The molecule has 25 heavy (non-hydrogen) atoms. The Kier molecular flexibility index (Phi) is 4.55. The van der Waals surface area contributed by atoms with Gasteiger partial charge in [-0.05, 0) is 18.9 Å². The first-order valence-corrected chi connectivity index (χ1v) is 7.88. The summed E-state index contributed by atoms with van der Waals surface area (Å²) in [5, 5.41) is 13.0. The molecular weight excluding hydrogens is 326 g/mol. The topological polar surface area (TPSA) is 120 Å². The molecule has 1 aliphatic heterocycles. The second-order valence-electron chi connectivity index (χ2n) is 5.82. The second kappa shape index (κ2) is 6.80. The molecule has 132 valence electrons. The third kappa shape index (κ3) is 3.25. The third-order valence-corrected chi connectivity index (χ3v) is 4.33. The molecule has 1 fully saturated rings. The number of carboxylic acids is 1. The van der Waals surface area contributed by atoms with Crippen molar-refractivity contribution >= 4 is 28.9 Å². The van der Waals surface area contributed by atoms with E-state index in [1.165, 1.54) is 12.4 Å². The van der Waals surface area contributed by atoms with Gasteiger partial charge in [-0.2, -0.15) is 0 Å². The Hall–Kier alpha value is -3.10. The van der Waals surface area contributed by atoms with Gasteiger partial charge in [0.15, 0.2) is 0 Å². The van der Waals surface area contributed by atoms with Crippen molar-refractivity contribution in [1.29, 1.82) is 0 Å². The maximum absolute atomic E-state index is 11.8. The van der Waals surface area contributed by atoms with E-state index < -0.39 is 17.6 Å². The van der Waals surface area contributed by atoms with E-state index in [1.54, 1.807) is 6.20 Å². The minimum atomic E-state index is -1.35. The monoisotopic (exact) mass is 345 g/mol. The number of aromatic amines is 1. The maximum Gasteiger partial charge on any atom is 0.408 e. The highest BCUT2D eigenvalue weighted by Crippen LogP contribution is 2.29. The van der Waals surface area contributed by atoms with E-state index in [4.69, 9.17) is 4.74 Å². The molecular formula is C16H19N5O4. The van der Waals surface area contributed by atoms with E-state index in [-0.39, 0.29) is 19.4 Å². The fraction of sp³-hybridized carbons (Fsp3) is 0.375. The van der Waals surface area contributed by atoms with E-state index >= 15 is 0 Å². The van der Waals surface area contributed by atoms with Gasteiger partial charge in [0.1, 0.15) is 29.9 Å². The Morgan fingerprint density at radius 1 is 1.44 bits per heavy atom. The van der Waals surface area contributed by atoms with Crippen molar-refractivity contribution in [3.63, 3.8) is 0 Å². The zero-order chi connectivity index (χ0) is 17.9. The van der Waals surface area contributed by atoms with Crippen molar-refractivity contribution in [2.75, 3.05) is 24.6 Å². The number of hydrogen-bond acceptors (Lipinski definition) is 6. The minimum Gasteiger partial charge on any atom is -0.480 e. The number of nitrogens with one attached hydrogen (secondary N) is 2. The molecule has 9 nitrogen and oxygen atoms in total. The Balaban J connectivity index is 1.74. The third-order valence-electron chi connectivity index (χ3n) is 4.33. The quantitative estimate of drug-likeness (QED) is 0.698. The van der Waals surface area contributed by atoms with E-state index in [0.717, 1.165) is 16.9 Å². The lowest BCUT2D eigenvalue weighted by atomic mass is 9.87. The number of H-pyrrole nitrogens is 1. The number of anilines is 1. The summed E-state index contributed by atoms with van der Waals surface area (Å²) in [5.41, 5.74) is -0.620. The molecule has 0 saturated carbocycles. The van der Waals surface area contributed by atoms with Crippen LogP contribution in [0.15, 0.2) is 31.2 Å². The molecule has 1 aliphatic rings. The number of alkyl carbamates (subject to hydrolysis) is 1. The van der Waals surface area contributed by atoms with Crippen LogP contribution in [0.5, 0.6) is 0 Å². The number of aromatic nitrogens is 3. The van der Waals surface area contributed by atoms with Crippen LogP contribution in [0.25, 0.3) is 11.0 Å². The van der Waals surface area contributed by atoms with Gasteiger partial charge < -0.3 is 25.0 Å². The van der Waals surface area contributed by atoms with Crippen LogP contribution < -0.4 is 10.2 Å². The summed E-state index contributed by atoms with van der Waals surface area (Å²) in [7, 11) is 0. The predicted octanol–water partition coefficient (Wildman–Crippen LogP) is 1.29. The number of carbonyl (C=O) groups excluding carboxylic acids is 1. The van der Waals surface area contributed by atoms with Gasteiger partial charge in [0.05, 0.1) is 5.39 Å². The molecule has 1 saturated heterocycles. The molecule has 9 heteroatoms. The van der Waals surface area contributed by atoms with Gasteiger partial charge in [-0.1, -0.05) is 12.7 Å². The smallest absolute Gasteiger partial charge is 0.408 e. The summed E-state index contributed by atoms with van der Waals surface area (Å²) in [6, 6.07) is 1.88. The van der Waals surface area contributed by atoms with Crippen molar-refractivity contribution in [2.24, 2.45) is 0 Å². The molecule has 3 rings (SSSR count). The van der Waals surface area contributed by atoms with Gasteiger partial charge in [0, 0.05) is 19.3 Å². The molecule has 0 aromatic carbocycles. The Bertz CT molecular complexity index is 795. The number of ether oxygens (including phenoxy) is 1. The number of amides is 1. The van der Waals surface area contributed by atoms with Gasteiger partial charge >= 0.3 is 12.1 Å². The van der Waals surface area contributed by atoms with Crippen molar-refractivity contribution in [1.82, 2.24) is 20.3 Å². The number of carbonyl (C=O) groups is 2. The molecule has 0 bridgehead atoms. The first-order valence-electron chi connectivity index (χ1n) is 7.88. The van der Waals surface area contributed by atoms with Crippen molar-refractivity contribution in [3.8, 4) is 0 Å². The molecule has 1 amide bonds. The van der Waals surface area contributed by atoms with E-state index in [2.05, 4.69) is 26.8 Å². The highest BCUT2D eigenvalue weighted by molar-refractivity contribution is 5.88. The van der Waals surface area contributed by atoms with Gasteiger partial charge in [0.25, 0.3) is 0 Å². The number of carboxylic acid groups (broad SMARTS) is 1. The van der Waals surface area contributed by atoms with Crippen LogP contribution in [0.3, 0.4) is 0 Å². The van der Waals surface area contributed by atoms with E-state index in [0.29, 0.717) is 13.1 Å². The van der Waals surface area contributed by atoms with Crippen LogP contribution in [-0.4, -0.2) is 57.4 Å². The second-order valence-corrected chi connectivity index (χ2v) is 5.82. The number of rotatable bonds is 5. The number of fused-ring (bicyclic) bond motifs is 1. The summed E-state index contributed by atoms with van der Waals surface area (Å²) in [4.78, 5) is 37.0. The molecule has 3 heterocycles. The van der Waals surface area contributed by atoms with E-state index in [1.807, 2.05) is 11.0 Å². The fourth-order valence-electron chi connectivity index (χ4n) is 2.97. The zero-order valence-corrected chi connectivity index (χ0v) is 13.6. The van der Waals surface area contributed by atoms with E-state index in [9.17, 15) is 14.7 Å². The average Bonchev–Trinajstić information content (AvgIpc) is 3.09. The highest BCUT2D eigenvalue weighted by Gasteiger charge is 2.43. The van der Waals surface area contributed by atoms with Crippen molar-refractivity contribution in [2.45, 2.75) is 18.4 Å². The molecule has 0 atom stereocenters. The molecule has 0 spiro atoms. The normalized spacial score (nSPS) is 16.4. The van der Waals surface area contributed by atoms with Gasteiger partial charge in [-0.3, -0.25) is 0 Å². The Morgan fingerprint density at radius 2 is 2.20 bits per heavy atom. The Labute approximate surface area is 143 Å². The standard InChI is InChI=1S/C16H19N5O4/c1-2-9-25-15(24)20-16(14(22)23)4-7-21(8-5-16)13-11-3-6-17-12(11)18-10-19-13/h2-3,6,10H,1,4-5,7-9H2,(H,20,24)(H,22,23)(H,17,18,19). The average molecular weight is 345 g/mol. The lowest BCUT2D eigenvalue weighted by molar-refractivity contribution is -0.145. The summed E-state index contributed by atoms with van der Waals surface area (Å²) < 4.78 is 4.86. The van der Waals surface area contributed by atoms with Gasteiger partial charge in [-0.15, -0.1) is 0 Å². The van der Waals surface area contributed by atoms with Crippen LogP contribution in [0, 0.1) is 0 Å². The van der Waals surface area contributed by atoms with Crippen molar-refractivity contribution in [3.05, 3.63) is 31.2 Å². The number of aliphatic carboxylic acids is 1. The summed E-state index contributed by atoms with van der Waals surface area (Å²) in [6.07, 6.45) is 4.39. The SMILES string of the molecule is C=CCOC(=O)NC1(C(=O)O)CCN(c2ncnc3[nH]ccc23)CC1. The molecule has 2 aromatic rings. The predicted molar refractivity (Wildman–Crippen MR) is 90.4 cm³/mol. The molecule has 2 aromatic heterocycles. The van der Waals surface area contributed by atoms with Crippen LogP contribution in [0.4, 0.5) is 10.6 Å². The lowest BCUT2D eigenvalue weighted by Gasteiger charge is -2.39. The first kappa shape index (κ1) is 16.7. The molecule has 0 radical (unpaired) electrons. The van der Waals surface area contributed by atoms with Crippen LogP contribution in [0.2, 0.25) is 0 Å². The summed E-state index contributed by atoms with van der Waals surface area (Å²) in [6.45, 7) is 4.35. The van der Waals surface area contributed by atoms with Crippen LogP contribution >= 0.6 is 0 Å². The molecule has 3 N–H and O–H groups in total. The van der Waals surface area contributed by atoms with Gasteiger partial charge in [0.2, 0.25) is 0 Å². The number of hydrogen-bond donors (Lipinski definition) is 3. The highest BCUT2D eigenvalue weighted by atomic mass is 16.5. The summed E-state index contributed by atoms with van der Waals surface area (Å²) in [5.74, 6) is -0.323. The Morgan fingerprint density at radius 3 is 2.88 bits per heavy atom.